The second-order valence-electron chi connectivity index (χ2n) is 3.89. The molecular weight excluding hydrogens is 276 g/mol. The molecule has 0 aliphatic carbocycles. The van der Waals surface area contributed by atoms with E-state index in [0.29, 0.717) is 0 Å². The quantitative estimate of drug-likeness (QED) is 0.748. The van der Waals surface area contributed by atoms with Gasteiger partial charge in [0.2, 0.25) is 0 Å². The fraction of sp³-hybridized carbons (Fsp3) is 0.154. The number of hydrogen-bond acceptors (Lipinski definition) is 5. The minimum atomic E-state index is 0.853. The van der Waals surface area contributed by atoms with Crippen molar-refractivity contribution in [1.82, 2.24) is 20.2 Å². The molecule has 3 aromatic rings. The third-order valence-corrected chi connectivity index (χ3v) is 4.12. The number of benzene rings is 1. The summed E-state index contributed by atoms with van der Waals surface area (Å²) < 4.78 is 0. The second-order valence-corrected chi connectivity index (χ2v) is 5.48. The van der Waals surface area contributed by atoms with Crippen molar-refractivity contribution in [2.45, 2.75) is 10.1 Å². The Labute approximate surface area is 119 Å². The van der Waals surface area contributed by atoms with Gasteiger partial charge in [-0.05, 0) is 12.5 Å². The molecule has 0 radical (unpaired) electrons. The molecule has 0 unspecified atom stereocenters. The molecule has 4 nitrogen and oxygen atoms in total. The van der Waals surface area contributed by atoms with Crippen molar-refractivity contribution >= 4 is 34.6 Å². The summed E-state index contributed by atoms with van der Waals surface area (Å²) in [6, 6.07) is 10.1. The molecule has 19 heavy (non-hydrogen) atoms. The lowest BCUT2D eigenvalue weighted by molar-refractivity contribution is 0.881. The van der Waals surface area contributed by atoms with E-state index in [4.69, 9.17) is 0 Å². The summed E-state index contributed by atoms with van der Waals surface area (Å²) in [5.41, 5.74) is 2.93. The number of fused-ring (bicyclic) bond motifs is 1. The molecule has 0 atom stereocenters. The van der Waals surface area contributed by atoms with Crippen molar-refractivity contribution < 1.29 is 0 Å². The number of H-pyrrole nitrogens is 1. The van der Waals surface area contributed by atoms with Gasteiger partial charge in [-0.2, -0.15) is 0 Å². The fourth-order valence-electron chi connectivity index (χ4n) is 1.88. The van der Waals surface area contributed by atoms with Gasteiger partial charge >= 0.3 is 0 Å². The molecule has 2 aromatic heterocycles. The zero-order chi connectivity index (χ0) is 13.2. The average Bonchev–Trinajstić information content (AvgIpc) is 2.92. The van der Waals surface area contributed by atoms with Crippen molar-refractivity contribution in [3.8, 4) is 11.4 Å². The minimum absolute atomic E-state index is 0.853. The van der Waals surface area contributed by atoms with Crippen LogP contribution in [0.1, 0.15) is 0 Å². The largest absolute Gasteiger partial charge is 0.336 e. The molecule has 0 fully saturated rings. The fourth-order valence-corrected chi connectivity index (χ4v) is 2.82. The molecule has 2 heterocycles. The first-order valence-electron chi connectivity index (χ1n) is 5.73. The lowest BCUT2D eigenvalue weighted by atomic mass is 10.2. The summed E-state index contributed by atoms with van der Waals surface area (Å²) in [5, 5.41) is 10.2. The number of rotatable bonds is 3. The molecule has 0 bridgehead atoms. The van der Waals surface area contributed by atoms with Crippen LogP contribution in [-0.2, 0) is 0 Å². The summed E-state index contributed by atoms with van der Waals surface area (Å²) in [4.78, 5) is 8.03. The first kappa shape index (κ1) is 12.5. The molecule has 0 saturated carbocycles. The number of aromatic amines is 1. The highest BCUT2D eigenvalue weighted by Gasteiger charge is 2.14. The summed E-state index contributed by atoms with van der Waals surface area (Å²) >= 11 is 3.13. The summed E-state index contributed by atoms with van der Waals surface area (Å²) in [5.74, 6) is 0.857. The third-order valence-electron chi connectivity index (χ3n) is 2.79. The normalized spacial score (nSPS) is 11.1. The van der Waals surface area contributed by atoms with E-state index in [0.717, 1.165) is 32.5 Å². The number of aromatic nitrogens is 4. The molecule has 0 amide bonds. The van der Waals surface area contributed by atoms with E-state index in [9.17, 15) is 0 Å². The van der Waals surface area contributed by atoms with Crippen LogP contribution in [0.3, 0.4) is 0 Å². The van der Waals surface area contributed by atoms with Crippen LogP contribution in [0, 0.1) is 0 Å². The molecular formula is C13H12N4S2. The van der Waals surface area contributed by atoms with Crippen LogP contribution in [0.2, 0.25) is 0 Å². The minimum Gasteiger partial charge on any atom is -0.336 e. The van der Waals surface area contributed by atoms with Gasteiger partial charge in [0.25, 0.3) is 0 Å². The van der Waals surface area contributed by atoms with Gasteiger partial charge in [-0.25, -0.2) is 4.98 Å². The Kier molecular flexibility index (Phi) is 3.44. The summed E-state index contributed by atoms with van der Waals surface area (Å²) in [6.45, 7) is 0. The highest BCUT2D eigenvalue weighted by atomic mass is 32.2. The van der Waals surface area contributed by atoms with Gasteiger partial charge in [0, 0.05) is 5.56 Å². The highest BCUT2D eigenvalue weighted by molar-refractivity contribution is 7.99. The van der Waals surface area contributed by atoms with Crippen LogP contribution < -0.4 is 0 Å². The maximum atomic E-state index is 4.67. The van der Waals surface area contributed by atoms with Crippen molar-refractivity contribution in [1.29, 1.82) is 0 Å². The van der Waals surface area contributed by atoms with E-state index >= 15 is 0 Å². The van der Waals surface area contributed by atoms with Crippen LogP contribution in [0.5, 0.6) is 0 Å². The zero-order valence-electron chi connectivity index (χ0n) is 10.5. The average molecular weight is 288 g/mol. The van der Waals surface area contributed by atoms with Crippen molar-refractivity contribution in [2.75, 3.05) is 12.5 Å². The van der Waals surface area contributed by atoms with Crippen LogP contribution in [0.4, 0.5) is 0 Å². The third kappa shape index (κ3) is 2.21. The summed E-state index contributed by atoms with van der Waals surface area (Å²) in [6.07, 6.45) is 3.98. The van der Waals surface area contributed by atoms with Gasteiger partial charge < -0.3 is 4.98 Å². The van der Waals surface area contributed by atoms with Crippen molar-refractivity contribution in [2.24, 2.45) is 0 Å². The maximum Gasteiger partial charge on any atom is 0.146 e. The first-order chi connectivity index (χ1) is 9.33. The Morgan fingerprint density at radius 2 is 1.63 bits per heavy atom. The Bertz CT molecular complexity index is 668. The second kappa shape index (κ2) is 5.22. The van der Waals surface area contributed by atoms with Gasteiger partial charge in [-0.3, -0.25) is 0 Å². The maximum absolute atomic E-state index is 4.67. The van der Waals surface area contributed by atoms with E-state index in [1.807, 2.05) is 42.8 Å². The predicted molar refractivity (Wildman–Crippen MR) is 80.7 cm³/mol. The van der Waals surface area contributed by atoms with E-state index < -0.39 is 0 Å². The molecule has 96 valence electrons. The number of nitrogens with zero attached hydrogens (tertiary/aromatic N) is 3. The highest BCUT2D eigenvalue weighted by Crippen LogP contribution is 2.30. The van der Waals surface area contributed by atoms with Gasteiger partial charge in [-0.1, -0.05) is 30.3 Å². The number of imidazole rings is 1. The molecule has 1 N–H and O–H groups in total. The zero-order valence-corrected chi connectivity index (χ0v) is 12.2. The monoisotopic (exact) mass is 288 g/mol. The first-order valence-corrected chi connectivity index (χ1v) is 8.18. The number of nitrogens with one attached hydrogen (secondary N) is 1. The van der Waals surface area contributed by atoms with Gasteiger partial charge in [-0.15, -0.1) is 33.7 Å². The van der Waals surface area contributed by atoms with Crippen molar-refractivity contribution in [3.05, 3.63) is 30.3 Å². The predicted octanol–water partition coefficient (Wildman–Crippen LogP) is 3.46. The van der Waals surface area contributed by atoms with Gasteiger partial charge in [0.1, 0.15) is 26.9 Å². The van der Waals surface area contributed by atoms with E-state index in [-0.39, 0.29) is 0 Å². The Balaban J connectivity index is 2.24. The standard InChI is InChI=1S/C13H12N4S2/c1-18-12-9-10(13(19-2)17-16-12)15-11(14-9)8-6-4-3-5-7-8/h3-7H,1-2H3,(H,14,15). The van der Waals surface area contributed by atoms with Gasteiger partial charge in [0.05, 0.1) is 0 Å². The smallest absolute Gasteiger partial charge is 0.146 e. The molecule has 3 rings (SSSR count). The van der Waals surface area contributed by atoms with E-state index in [2.05, 4.69) is 20.2 Å². The van der Waals surface area contributed by atoms with Crippen molar-refractivity contribution in [3.63, 3.8) is 0 Å². The summed E-state index contributed by atoms with van der Waals surface area (Å²) in [7, 11) is 0. The van der Waals surface area contributed by atoms with Crippen LogP contribution in [0.25, 0.3) is 22.4 Å². The molecule has 1 aromatic carbocycles. The Hall–Kier alpha value is -1.53. The lowest BCUT2D eigenvalue weighted by Crippen LogP contribution is -1.90. The van der Waals surface area contributed by atoms with E-state index in [1.165, 1.54) is 0 Å². The van der Waals surface area contributed by atoms with Gasteiger partial charge in [0.15, 0.2) is 0 Å². The SMILES string of the molecule is CSc1nnc(SC)c2[nH]c(-c3ccccc3)nc12. The Morgan fingerprint density at radius 3 is 2.32 bits per heavy atom. The molecule has 0 saturated heterocycles. The van der Waals surface area contributed by atoms with Crippen LogP contribution in [-0.4, -0.2) is 32.7 Å². The topological polar surface area (TPSA) is 54.5 Å². The number of thioether (sulfide) groups is 2. The van der Waals surface area contributed by atoms with Crippen LogP contribution in [0.15, 0.2) is 40.4 Å². The molecule has 6 heteroatoms. The van der Waals surface area contributed by atoms with Crippen LogP contribution >= 0.6 is 23.5 Å². The molecule has 0 aliphatic heterocycles. The number of hydrogen-bond donors (Lipinski definition) is 1. The molecule has 0 aliphatic rings. The molecule has 0 spiro atoms. The lowest BCUT2D eigenvalue weighted by Gasteiger charge is -1.98. The Morgan fingerprint density at radius 1 is 0.947 bits per heavy atom. The van der Waals surface area contributed by atoms with E-state index in [1.54, 1.807) is 23.5 Å².